The van der Waals surface area contributed by atoms with Crippen LogP contribution in [0.25, 0.3) is 0 Å². The van der Waals surface area contributed by atoms with Gasteiger partial charge >= 0.3 is 0 Å². The molecule has 0 aromatic heterocycles. The normalized spacial score (nSPS) is 15.3. The number of allylic oxidation sites excluding steroid dienone is 4. The van der Waals surface area contributed by atoms with Gasteiger partial charge in [0.05, 0.1) is 0 Å². The Hall–Kier alpha value is -1.60. The van der Waals surface area contributed by atoms with Crippen LogP contribution in [0.1, 0.15) is 6.42 Å². The molecule has 1 aliphatic rings. The van der Waals surface area contributed by atoms with Crippen molar-refractivity contribution in [2.24, 2.45) is 4.99 Å². The molecule has 1 rings (SSSR count). The van der Waals surface area contributed by atoms with E-state index in [1.165, 1.54) is 12.3 Å². The van der Waals surface area contributed by atoms with E-state index in [-0.39, 0.29) is 5.88 Å². The van der Waals surface area contributed by atoms with Crippen LogP contribution < -0.4 is 0 Å². The Morgan fingerprint density at radius 1 is 1.64 bits per heavy atom. The van der Waals surface area contributed by atoms with Crippen LogP contribution in [0.3, 0.4) is 0 Å². The number of aliphatic hydroxyl groups excluding tert-OH is 1. The van der Waals surface area contributed by atoms with Gasteiger partial charge in [-0.25, -0.2) is 0 Å². The Bertz CT molecular complexity index is 280. The maximum atomic E-state index is 8.89. The Balaban J connectivity index is 2.84. The third kappa shape index (κ3) is 2.24. The fourth-order valence-corrected chi connectivity index (χ4v) is 0.693. The maximum absolute atomic E-state index is 8.89. The van der Waals surface area contributed by atoms with Crippen LogP contribution >= 0.6 is 0 Å². The minimum Gasteiger partial charge on any atom is -0.493 e. The van der Waals surface area contributed by atoms with Crippen LogP contribution in [0.4, 0.5) is 0 Å². The number of nitrogens with one attached hydrogen (secondary N) is 1. The molecule has 0 spiro atoms. The van der Waals surface area contributed by atoms with Gasteiger partial charge in [-0.1, -0.05) is 6.08 Å². The molecule has 0 aliphatic carbocycles. The van der Waals surface area contributed by atoms with Crippen molar-refractivity contribution in [1.82, 2.24) is 0 Å². The number of rotatable bonds is 2. The first-order chi connectivity index (χ1) is 5.33. The quantitative estimate of drug-likeness (QED) is 0.574. The molecule has 0 amide bonds. The van der Waals surface area contributed by atoms with E-state index >= 15 is 0 Å². The van der Waals surface area contributed by atoms with E-state index < -0.39 is 0 Å². The molecule has 0 saturated carbocycles. The van der Waals surface area contributed by atoms with Gasteiger partial charge in [0.15, 0.2) is 0 Å². The summed E-state index contributed by atoms with van der Waals surface area (Å²) in [4.78, 5) is 3.54. The maximum Gasteiger partial charge on any atom is 0.219 e. The average Bonchev–Trinajstić information content (AvgIpc) is 2.17. The molecule has 0 bridgehead atoms. The number of aliphatic hydroxyl groups is 1. The van der Waals surface area contributed by atoms with Crippen molar-refractivity contribution in [3.63, 3.8) is 0 Å². The second-order valence-electron chi connectivity index (χ2n) is 2.06. The van der Waals surface area contributed by atoms with E-state index in [0.29, 0.717) is 6.42 Å². The second kappa shape index (κ2) is 3.54. The van der Waals surface area contributed by atoms with Crippen LogP contribution in [0, 0.1) is 5.41 Å². The zero-order valence-electron chi connectivity index (χ0n) is 5.91. The van der Waals surface area contributed by atoms with Crippen LogP contribution in [-0.2, 0) is 0 Å². The molecule has 0 saturated heterocycles. The Morgan fingerprint density at radius 3 is 3.18 bits per heavy atom. The predicted octanol–water partition coefficient (Wildman–Crippen LogP) is 1.59. The third-order valence-corrected chi connectivity index (χ3v) is 1.21. The summed E-state index contributed by atoms with van der Waals surface area (Å²) in [5.74, 6) is 2.49. The standard InChI is InChI=1S/C8H8N2O/c9-5-3-7-1-2-8(11)10-6-4-7/h1-2,4-5,9,11H,3H2. The molecule has 0 aromatic carbocycles. The third-order valence-electron chi connectivity index (χ3n) is 1.21. The van der Waals surface area contributed by atoms with Crippen molar-refractivity contribution < 1.29 is 5.11 Å². The summed E-state index contributed by atoms with van der Waals surface area (Å²) in [6.07, 6.45) is 6.68. The van der Waals surface area contributed by atoms with Crippen molar-refractivity contribution in [3.05, 3.63) is 29.7 Å². The minimum atomic E-state index is -0.0544. The predicted molar refractivity (Wildman–Crippen MR) is 44.2 cm³/mol. The lowest BCUT2D eigenvalue weighted by molar-refractivity contribution is 0.408. The van der Waals surface area contributed by atoms with Crippen molar-refractivity contribution in [1.29, 1.82) is 5.41 Å². The fraction of sp³-hybridized carbons (Fsp3) is 0.125. The first-order valence-electron chi connectivity index (χ1n) is 3.21. The number of hydrogen-bond acceptors (Lipinski definition) is 3. The van der Waals surface area contributed by atoms with E-state index in [2.05, 4.69) is 10.9 Å². The van der Waals surface area contributed by atoms with Gasteiger partial charge in [-0.05, 0) is 17.7 Å². The largest absolute Gasteiger partial charge is 0.493 e. The van der Waals surface area contributed by atoms with E-state index in [9.17, 15) is 0 Å². The van der Waals surface area contributed by atoms with Gasteiger partial charge in [-0.15, -0.1) is 0 Å². The van der Waals surface area contributed by atoms with Gasteiger partial charge < -0.3 is 10.5 Å². The highest BCUT2D eigenvalue weighted by molar-refractivity contribution is 5.66. The van der Waals surface area contributed by atoms with Crippen molar-refractivity contribution in [3.8, 4) is 0 Å². The first-order valence-corrected chi connectivity index (χ1v) is 3.21. The molecule has 0 radical (unpaired) electrons. The zero-order chi connectivity index (χ0) is 8.10. The summed E-state index contributed by atoms with van der Waals surface area (Å²) >= 11 is 0. The van der Waals surface area contributed by atoms with E-state index in [1.807, 2.05) is 0 Å². The van der Waals surface area contributed by atoms with E-state index in [4.69, 9.17) is 10.5 Å². The monoisotopic (exact) mass is 148 g/mol. The molecule has 3 heteroatoms. The molecule has 0 atom stereocenters. The summed E-state index contributed by atoms with van der Waals surface area (Å²) < 4.78 is 0. The molecule has 0 fully saturated rings. The van der Waals surface area contributed by atoms with Gasteiger partial charge in [0.1, 0.15) is 0 Å². The summed E-state index contributed by atoms with van der Waals surface area (Å²) in [7, 11) is 0. The fourth-order valence-electron chi connectivity index (χ4n) is 0.693. The Morgan fingerprint density at radius 2 is 2.45 bits per heavy atom. The summed E-state index contributed by atoms with van der Waals surface area (Å²) in [6.45, 7) is 0. The van der Waals surface area contributed by atoms with Crippen molar-refractivity contribution in [2.75, 3.05) is 0 Å². The molecule has 2 N–H and O–H groups in total. The number of hydrogen-bond donors (Lipinski definition) is 2. The molecule has 0 unspecified atom stereocenters. The second-order valence-corrected chi connectivity index (χ2v) is 2.06. The molecule has 56 valence electrons. The molecule has 1 heterocycles. The lowest BCUT2D eigenvalue weighted by atomic mass is 10.2. The van der Waals surface area contributed by atoms with Gasteiger partial charge in [-0.2, -0.15) is 4.99 Å². The van der Waals surface area contributed by atoms with Crippen LogP contribution in [0.2, 0.25) is 0 Å². The number of nitrogens with zero attached hydrogens (tertiary/aromatic N) is 1. The van der Waals surface area contributed by atoms with Gasteiger partial charge in [0, 0.05) is 18.6 Å². The first kappa shape index (κ1) is 7.51. The summed E-state index contributed by atoms with van der Waals surface area (Å²) in [6, 6.07) is 0. The van der Waals surface area contributed by atoms with Gasteiger partial charge in [-0.3, -0.25) is 0 Å². The van der Waals surface area contributed by atoms with E-state index in [0.717, 1.165) is 5.57 Å². The van der Waals surface area contributed by atoms with Gasteiger partial charge in [0.2, 0.25) is 5.88 Å². The lowest BCUT2D eigenvalue weighted by Gasteiger charge is -1.88. The topological polar surface area (TPSA) is 56.4 Å². The molecular formula is C8H8N2O. The molecular weight excluding hydrogens is 140 g/mol. The van der Waals surface area contributed by atoms with Gasteiger partial charge in [0.25, 0.3) is 0 Å². The molecule has 3 nitrogen and oxygen atoms in total. The zero-order valence-corrected chi connectivity index (χ0v) is 5.91. The molecule has 11 heavy (non-hydrogen) atoms. The summed E-state index contributed by atoms with van der Waals surface area (Å²) in [5.41, 5.74) is 0.910. The Kier molecular flexibility index (Phi) is 2.42. The lowest BCUT2D eigenvalue weighted by Crippen LogP contribution is -1.77. The highest BCUT2D eigenvalue weighted by Crippen LogP contribution is 2.04. The van der Waals surface area contributed by atoms with E-state index in [1.54, 1.807) is 12.2 Å². The van der Waals surface area contributed by atoms with Crippen LogP contribution in [0.5, 0.6) is 0 Å². The Labute approximate surface area is 64.6 Å². The number of aliphatic imine (C=N–C) groups is 1. The SMILES string of the molecule is N=CCC1=CC=C(O)N=C=C1. The van der Waals surface area contributed by atoms with Crippen molar-refractivity contribution >= 4 is 12.1 Å². The van der Waals surface area contributed by atoms with Crippen molar-refractivity contribution in [2.45, 2.75) is 6.42 Å². The van der Waals surface area contributed by atoms with Crippen LogP contribution in [-0.4, -0.2) is 17.2 Å². The smallest absolute Gasteiger partial charge is 0.219 e. The summed E-state index contributed by atoms with van der Waals surface area (Å²) in [5, 5.41) is 15.7. The molecule has 1 aliphatic heterocycles. The highest BCUT2D eigenvalue weighted by Gasteiger charge is 1.92. The average molecular weight is 148 g/mol. The minimum absolute atomic E-state index is 0.0544. The van der Waals surface area contributed by atoms with Crippen LogP contribution in [0.15, 0.2) is 34.7 Å². The molecule has 0 aromatic rings. The highest BCUT2D eigenvalue weighted by atomic mass is 16.3.